The van der Waals surface area contributed by atoms with Crippen molar-refractivity contribution < 1.29 is 9.53 Å². The van der Waals surface area contributed by atoms with Gasteiger partial charge in [-0.2, -0.15) is 11.8 Å². The fourth-order valence-corrected chi connectivity index (χ4v) is 1.87. The van der Waals surface area contributed by atoms with Crippen molar-refractivity contribution in [1.29, 1.82) is 0 Å². The summed E-state index contributed by atoms with van der Waals surface area (Å²) in [6.45, 7) is 2.16. The molecule has 0 aromatic carbocycles. The number of ether oxygens (including phenoxy) is 1. The van der Waals surface area contributed by atoms with Crippen LogP contribution in [0.3, 0.4) is 0 Å². The summed E-state index contributed by atoms with van der Waals surface area (Å²) in [5.41, 5.74) is 0. The summed E-state index contributed by atoms with van der Waals surface area (Å²) < 4.78 is 4.65. The predicted octanol–water partition coefficient (Wildman–Crippen LogP) is 1.28. The van der Waals surface area contributed by atoms with E-state index in [1.165, 1.54) is 13.5 Å². The van der Waals surface area contributed by atoms with Gasteiger partial charge in [-0.1, -0.05) is 6.92 Å². The Balaban J connectivity index is 3.53. The summed E-state index contributed by atoms with van der Waals surface area (Å²) >= 11 is 1.88. The Morgan fingerprint density at radius 3 is 2.69 bits per heavy atom. The van der Waals surface area contributed by atoms with Gasteiger partial charge in [-0.05, 0) is 31.4 Å². The van der Waals surface area contributed by atoms with Crippen LogP contribution in [0.25, 0.3) is 0 Å². The van der Waals surface area contributed by atoms with Crippen molar-refractivity contribution >= 4 is 17.7 Å². The molecule has 0 radical (unpaired) electrons. The van der Waals surface area contributed by atoms with Gasteiger partial charge in [0.1, 0.15) is 6.04 Å². The average Bonchev–Trinajstić information content (AvgIpc) is 2.17. The number of hydrogen-bond donors (Lipinski definition) is 1. The van der Waals surface area contributed by atoms with E-state index >= 15 is 0 Å². The molecule has 0 heterocycles. The fraction of sp³-hybridized carbons (Fsp3) is 0.889. The highest BCUT2D eigenvalue weighted by Gasteiger charge is 2.15. The Kier molecular flexibility index (Phi) is 8.24. The molecule has 0 aliphatic heterocycles. The Morgan fingerprint density at radius 2 is 2.23 bits per heavy atom. The lowest BCUT2D eigenvalue weighted by Gasteiger charge is -2.12. The van der Waals surface area contributed by atoms with Crippen LogP contribution in [0.15, 0.2) is 0 Å². The molecule has 1 unspecified atom stereocenters. The summed E-state index contributed by atoms with van der Waals surface area (Å²) in [5, 5.41) is 2.94. The number of carbonyl (C=O) groups excluding carboxylic acids is 1. The van der Waals surface area contributed by atoms with Gasteiger partial charge in [0.05, 0.1) is 7.11 Å². The van der Waals surface area contributed by atoms with Gasteiger partial charge in [0.25, 0.3) is 0 Å². The molecule has 1 N–H and O–H groups in total. The lowest BCUT2D eigenvalue weighted by molar-refractivity contribution is -0.143. The summed E-state index contributed by atoms with van der Waals surface area (Å²) in [4.78, 5) is 11.1. The first-order valence-corrected chi connectivity index (χ1v) is 5.74. The first-order chi connectivity index (χ1) is 6.26. The second-order valence-electron chi connectivity index (χ2n) is 2.77. The number of esters is 1. The monoisotopic (exact) mass is 205 g/mol. The normalized spacial score (nSPS) is 12.5. The molecule has 0 spiro atoms. The van der Waals surface area contributed by atoms with Crippen molar-refractivity contribution in [2.75, 3.05) is 25.7 Å². The minimum Gasteiger partial charge on any atom is -0.468 e. The zero-order chi connectivity index (χ0) is 10.1. The maximum atomic E-state index is 11.1. The Labute approximate surface area is 84.6 Å². The Bertz CT molecular complexity index is 142. The summed E-state index contributed by atoms with van der Waals surface area (Å²) in [6, 6.07) is -0.144. The van der Waals surface area contributed by atoms with Gasteiger partial charge >= 0.3 is 5.97 Å². The smallest absolute Gasteiger partial charge is 0.322 e. The topological polar surface area (TPSA) is 38.3 Å². The number of thioether (sulfide) groups is 1. The van der Waals surface area contributed by atoms with Crippen molar-refractivity contribution in [1.82, 2.24) is 5.32 Å². The minimum absolute atomic E-state index is 0.144. The average molecular weight is 205 g/mol. The SMILES string of the molecule is CCCSCCC(NC)C(=O)OC. The fourth-order valence-electron chi connectivity index (χ4n) is 0.970. The molecule has 0 aliphatic carbocycles. The van der Waals surface area contributed by atoms with Crippen molar-refractivity contribution in [2.24, 2.45) is 0 Å². The number of carbonyl (C=O) groups is 1. The van der Waals surface area contributed by atoms with Gasteiger partial charge < -0.3 is 10.1 Å². The van der Waals surface area contributed by atoms with Crippen LogP contribution in [-0.2, 0) is 9.53 Å². The molecule has 0 bridgehead atoms. The number of methoxy groups -OCH3 is 1. The molecule has 0 amide bonds. The third kappa shape index (κ3) is 5.93. The van der Waals surface area contributed by atoms with Gasteiger partial charge in [0.2, 0.25) is 0 Å². The summed E-state index contributed by atoms with van der Waals surface area (Å²) in [7, 11) is 3.21. The Morgan fingerprint density at radius 1 is 1.54 bits per heavy atom. The zero-order valence-corrected chi connectivity index (χ0v) is 9.45. The zero-order valence-electron chi connectivity index (χ0n) is 8.63. The standard InChI is InChI=1S/C9H19NO2S/c1-4-6-13-7-5-8(10-2)9(11)12-3/h8,10H,4-7H2,1-3H3. The van der Waals surface area contributed by atoms with Crippen molar-refractivity contribution in [2.45, 2.75) is 25.8 Å². The maximum Gasteiger partial charge on any atom is 0.322 e. The lowest BCUT2D eigenvalue weighted by atomic mass is 10.2. The molecule has 13 heavy (non-hydrogen) atoms. The van der Waals surface area contributed by atoms with Gasteiger partial charge in [-0.3, -0.25) is 4.79 Å². The van der Waals surface area contributed by atoms with Crippen LogP contribution in [0, 0.1) is 0 Å². The van der Waals surface area contributed by atoms with Gasteiger partial charge in [0, 0.05) is 0 Å². The van der Waals surface area contributed by atoms with E-state index in [1.54, 1.807) is 7.05 Å². The first-order valence-electron chi connectivity index (χ1n) is 4.59. The van der Waals surface area contributed by atoms with Crippen LogP contribution in [0.5, 0.6) is 0 Å². The van der Waals surface area contributed by atoms with E-state index < -0.39 is 0 Å². The molecule has 0 aromatic heterocycles. The molecule has 3 nitrogen and oxygen atoms in total. The molecule has 78 valence electrons. The molecule has 0 aliphatic rings. The van der Waals surface area contributed by atoms with Crippen LogP contribution in [0.4, 0.5) is 0 Å². The van der Waals surface area contributed by atoms with Crippen LogP contribution >= 0.6 is 11.8 Å². The second-order valence-corrected chi connectivity index (χ2v) is 3.99. The van der Waals surface area contributed by atoms with E-state index in [4.69, 9.17) is 0 Å². The number of hydrogen-bond acceptors (Lipinski definition) is 4. The number of nitrogens with one attached hydrogen (secondary N) is 1. The predicted molar refractivity (Wildman–Crippen MR) is 57.1 cm³/mol. The van der Waals surface area contributed by atoms with E-state index in [0.29, 0.717) is 0 Å². The van der Waals surface area contributed by atoms with Gasteiger partial charge in [-0.25, -0.2) is 0 Å². The molecule has 0 rings (SSSR count). The largest absolute Gasteiger partial charge is 0.468 e. The van der Waals surface area contributed by atoms with Crippen LogP contribution in [-0.4, -0.2) is 37.7 Å². The van der Waals surface area contributed by atoms with Gasteiger partial charge in [0.15, 0.2) is 0 Å². The van der Waals surface area contributed by atoms with E-state index in [9.17, 15) is 4.79 Å². The Hall–Kier alpha value is -0.220. The van der Waals surface area contributed by atoms with Crippen LogP contribution in [0.2, 0.25) is 0 Å². The molecule has 4 heteroatoms. The molecule has 0 saturated carbocycles. The highest BCUT2D eigenvalue weighted by Crippen LogP contribution is 2.06. The van der Waals surface area contributed by atoms with E-state index in [1.807, 2.05) is 11.8 Å². The maximum absolute atomic E-state index is 11.1. The van der Waals surface area contributed by atoms with Gasteiger partial charge in [-0.15, -0.1) is 0 Å². The highest BCUT2D eigenvalue weighted by molar-refractivity contribution is 7.99. The van der Waals surface area contributed by atoms with E-state index in [2.05, 4.69) is 17.0 Å². The highest BCUT2D eigenvalue weighted by atomic mass is 32.2. The van der Waals surface area contributed by atoms with E-state index in [-0.39, 0.29) is 12.0 Å². The molecular formula is C9H19NO2S. The summed E-state index contributed by atoms with van der Waals surface area (Å²) in [5.74, 6) is 2.01. The van der Waals surface area contributed by atoms with Crippen molar-refractivity contribution in [3.05, 3.63) is 0 Å². The van der Waals surface area contributed by atoms with Crippen LogP contribution < -0.4 is 5.32 Å². The second kappa shape index (κ2) is 8.38. The van der Waals surface area contributed by atoms with Crippen LogP contribution in [0.1, 0.15) is 19.8 Å². The number of likely N-dealkylation sites (N-methyl/N-ethyl adjacent to an activating group) is 1. The molecule has 0 aromatic rings. The van der Waals surface area contributed by atoms with Crippen molar-refractivity contribution in [3.8, 4) is 0 Å². The van der Waals surface area contributed by atoms with E-state index in [0.717, 1.165) is 17.9 Å². The quantitative estimate of drug-likeness (QED) is 0.502. The lowest BCUT2D eigenvalue weighted by Crippen LogP contribution is -2.35. The minimum atomic E-state index is -0.167. The molecule has 0 saturated heterocycles. The number of rotatable bonds is 7. The third-order valence-electron chi connectivity index (χ3n) is 1.73. The van der Waals surface area contributed by atoms with Crippen molar-refractivity contribution in [3.63, 3.8) is 0 Å². The third-order valence-corrected chi connectivity index (χ3v) is 2.95. The summed E-state index contributed by atoms with van der Waals surface area (Å²) in [6.07, 6.45) is 2.03. The molecule has 0 fully saturated rings. The first kappa shape index (κ1) is 12.8. The molecular weight excluding hydrogens is 186 g/mol. The molecule has 1 atom stereocenters.